The number of allylic oxidation sites excluding steroid dienone is 8. The third kappa shape index (κ3) is 2.21. The summed E-state index contributed by atoms with van der Waals surface area (Å²) >= 11 is 0. The summed E-state index contributed by atoms with van der Waals surface area (Å²) in [5.41, 5.74) is 2.89. The number of rotatable bonds is 0. The van der Waals surface area contributed by atoms with Crippen molar-refractivity contribution < 1.29 is 0 Å². The van der Waals surface area contributed by atoms with Crippen LogP contribution in [0, 0.1) is 6.08 Å². The van der Waals surface area contributed by atoms with Crippen LogP contribution in [0.4, 0.5) is 0 Å². The van der Waals surface area contributed by atoms with E-state index in [-0.39, 0.29) is 0 Å². The zero-order chi connectivity index (χ0) is 8.93. The molecule has 2 aliphatic carbocycles. The van der Waals surface area contributed by atoms with Crippen molar-refractivity contribution in [2.45, 2.75) is 32.1 Å². The predicted molar refractivity (Wildman–Crippen MR) is 56.2 cm³/mol. The molecular weight excluding hydrogens is 156 g/mol. The molecule has 0 aromatic heterocycles. The van der Waals surface area contributed by atoms with Crippen LogP contribution >= 0.6 is 0 Å². The SMILES string of the molecule is [C]1=CC=CCC1=C1C=CCCCC1. The minimum atomic E-state index is 1.07. The van der Waals surface area contributed by atoms with Crippen LogP contribution in [0.25, 0.3) is 0 Å². The van der Waals surface area contributed by atoms with Crippen molar-refractivity contribution in [2.24, 2.45) is 0 Å². The molecule has 0 amide bonds. The summed E-state index contributed by atoms with van der Waals surface area (Å²) in [6.45, 7) is 0. The van der Waals surface area contributed by atoms with Gasteiger partial charge in [-0.3, -0.25) is 0 Å². The molecule has 0 heterocycles. The maximum Gasteiger partial charge on any atom is -0.00854 e. The molecule has 0 spiro atoms. The van der Waals surface area contributed by atoms with Crippen molar-refractivity contribution in [3.8, 4) is 0 Å². The zero-order valence-electron chi connectivity index (χ0n) is 7.92. The lowest BCUT2D eigenvalue weighted by molar-refractivity contribution is 0.761. The third-order valence-corrected chi connectivity index (χ3v) is 2.59. The molecule has 0 unspecified atom stereocenters. The van der Waals surface area contributed by atoms with Crippen LogP contribution in [0.5, 0.6) is 0 Å². The minimum Gasteiger partial charge on any atom is -0.0843 e. The standard InChI is InChI=1S/C13H15/c1-2-5-9-12(8-4-1)13-10-6-3-7-11-13/h3-4,6-8H,1-2,5,9-10H2. The van der Waals surface area contributed by atoms with Crippen molar-refractivity contribution in [2.75, 3.05) is 0 Å². The molecule has 0 bridgehead atoms. The first-order chi connectivity index (χ1) is 6.47. The molecule has 0 aromatic rings. The van der Waals surface area contributed by atoms with E-state index in [1.807, 2.05) is 6.08 Å². The van der Waals surface area contributed by atoms with Crippen LogP contribution in [-0.4, -0.2) is 0 Å². The molecule has 67 valence electrons. The lowest BCUT2D eigenvalue weighted by Crippen LogP contribution is -1.89. The van der Waals surface area contributed by atoms with E-state index in [4.69, 9.17) is 0 Å². The minimum absolute atomic E-state index is 1.07. The first-order valence-corrected chi connectivity index (χ1v) is 5.10. The monoisotopic (exact) mass is 171 g/mol. The number of hydrogen-bond acceptors (Lipinski definition) is 0. The van der Waals surface area contributed by atoms with E-state index >= 15 is 0 Å². The average molecular weight is 171 g/mol. The van der Waals surface area contributed by atoms with E-state index in [2.05, 4.69) is 30.4 Å². The molecule has 0 atom stereocenters. The topological polar surface area (TPSA) is 0 Å². The molecule has 0 N–H and O–H groups in total. The van der Waals surface area contributed by atoms with Crippen LogP contribution in [0.1, 0.15) is 32.1 Å². The van der Waals surface area contributed by atoms with Gasteiger partial charge in [-0.05, 0) is 49.3 Å². The first-order valence-electron chi connectivity index (χ1n) is 5.10. The summed E-state index contributed by atoms with van der Waals surface area (Å²) in [5.74, 6) is 0. The Morgan fingerprint density at radius 1 is 1.15 bits per heavy atom. The van der Waals surface area contributed by atoms with Gasteiger partial charge in [-0.1, -0.05) is 30.4 Å². The highest BCUT2D eigenvalue weighted by atomic mass is 14.1. The van der Waals surface area contributed by atoms with E-state index in [0.29, 0.717) is 0 Å². The fraction of sp³-hybridized carbons (Fsp3) is 0.385. The molecule has 2 rings (SSSR count). The second-order valence-electron chi connectivity index (χ2n) is 3.60. The van der Waals surface area contributed by atoms with E-state index in [1.165, 1.54) is 36.8 Å². The van der Waals surface area contributed by atoms with Crippen LogP contribution in [0.15, 0.2) is 41.5 Å². The molecule has 0 fully saturated rings. The maximum atomic E-state index is 3.33. The van der Waals surface area contributed by atoms with Gasteiger partial charge in [0.05, 0.1) is 0 Å². The Hall–Kier alpha value is -1.04. The van der Waals surface area contributed by atoms with E-state index in [9.17, 15) is 0 Å². The van der Waals surface area contributed by atoms with Crippen LogP contribution in [0.2, 0.25) is 0 Å². The summed E-state index contributed by atoms with van der Waals surface area (Å²) in [6.07, 6.45) is 20.4. The highest BCUT2D eigenvalue weighted by Gasteiger charge is 2.04. The average Bonchev–Trinajstić information content (AvgIpc) is 2.47. The Kier molecular flexibility index (Phi) is 2.81. The van der Waals surface area contributed by atoms with E-state index < -0.39 is 0 Å². The highest BCUT2D eigenvalue weighted by Crippen LogP contribution is 2.23. The summed E-state index contributed by atoms with van der Waals surface area (Å²) in [6, 6.07) is 0. The van der Waals surface area contributed by atoms with E-state index in [0.717, 1.165) is 6.42 Å². The Labute approximate surface area is 80.3 Å². The second kappa shape index (κ2) is 4.27. The van der Waals surface area contributed by atoms with Gasteiger partial charge >= 0.3 is 0 Å². The van der Waals surface area contributed by atoms with Gasteiger partial charge in [-0.25, -0.2) is 0 Å². The summed E-state index contributed by atoms with van der Waals surface area (Å²) < 4.78 is 0. The summed E-state index contributed by atoms with van der Waals surface area (Å²) in [5, 5.41) is 0. The van der Waals surface area contributed by atoms with Crippen molar-refractivity contribution in [3.63, 3.8) is 0 Å². The third-order valence-electron chi connectivity index (χ3n) is 2.59. The van der Waals surface area contributed by atoms with E-state index in [1.54, 1.807) is 0 Å². The lowest BCUT2D eigenvalue weighted by atomic mass is 9.98. The Morgan fingerprint density at radius 2 is 2.15 bits per heavy atom. The van der Waals surface area contributed by atoms with Gasteiger partial charge in [0.25, 0.3) is 0 Å². The molecule has 0 aliphatic heterocycles. The largest absolute Gasteiger partial charge is 0.0843 e. The van der Waals surface area contributed by atoms with Crippen LogP contribution in [-0.2, 0) is 0 Å². The van der Waals surface area contributed by atoms with Crippen LogP contribution < -0.4 is 0 Å². The fourth-order valence-electron chi connectivity index (χ4n) is 1.82. The van der Waals surface area contributed by atoms with Crippen molar-refractivity contribution in [1.82, 2.24) is 0 Å². The van der Waals surface area contributed by atoms with Crippen molar-refractivity contribution in [1.29, 1.82) is 0 Å². The second-order valence-corrected chi connectivity index (χ2v) is 3.60. The molecule has 0 nitrogen and oxygen atoms in total. The summed E-state index contributed by atoms with van der Waals surface area (Å²) in [4.78, 5) is 0. The van der Waals surface area contributed by atoms with Gasteiger partial charge in [0.15, 0.2) is 0 Å². The normalized spacial score (nSPS) is 27.7. The Balaban J connectivity index is 2.20. The Bertz CT molecular complexity index is 287. The Morgan fingerprint density at radius 3 is 3.00 bits per heavy atom. The smallest absolute Gasteiger partial charge is 0.00854 e. The maximum absolute atomic E-state index is 3.33. The summed E-state index contributed by atoms with van der Waals surface area (Å²) in [7, 11) is 0. The van der Waals surface area contributed by atoms with Crippen molar-refractivity contribution in [3.05, 3.63) is 47.6 Å². The van der Waals surface area contributed by atoms with Crippen LogP contribution in [0.3, 0.4) is 0 Å². The van der Waals surface area contributed by atoms with Gasteiger partial charge in [-0.2, -0.15) is 0 Å². The van der Waals surface area contributed by atoms with Gasteiger partial charge in [0.1, 0.15) is 0 Å². The highest BCUT2D eigenvalue weighted by molar-refractivity contribution is 5.35. The molecule has 0 aromatic carbocycles. The van der Waals surface area contributed by atoms with Gasteiger partial charge in [-0.15, -0.1) is 0 Å². The molecule has 2 aliphatic rings. The quantitative estimate of drug-likeness (QED) is 0.521. The molecule has 0 saturated heterocycles. The zero-order valence-corrected chi connectivity index (χ0v) is 7.92. The van der Waals surface area contributed by atoms with Gasteiger partial charge < -0.3 is 0 Å². The van der Waals surface area contributed by atoms with Gasteiger partial charge in [0, 0.05) is 0 Å². The predicted octanol–water partition coefficient (Wildman–Crippen LogP) is 3.73. The fourth-order valence-corrected chi connectivity index (χ4v) is 1.82. The molecule has 1 radical (unpaired) electrons. The van der Waals surface area contributed by atoms with Gasteiger partial charge in [0.2, 0.25) is 0 Å². The molecule has 0 saturated carbocycles. The number of hydrogen-bond donors (Lipinski definition) is 0. The lowest BCUT2D eigenvalue weighted by Gasteiger charge is -2.07. The molecule has 0 heteroatoms. The molecule has 13 heavy (non-hydrogen) atoms. The van der Waals surface area contributed by atoms with Crippen molar-refractivity contribution >= 4 is 0 Å². The molecular formula is C13H15. The first kappa shape index (κ1) is 8.55.